The van der Waals surface area contributed by atoms with E-state index in [1.807, 2.05) is 42.9 Å². The molecule has 0 radical (unpaired) electrons. The zero-order chi connectivity index (χ0) is 40.1. The summed E-state index contributed by atoms with van der Waals surface area (Å²) in [6.07, 6.45) is 11.1. The molecular weight excluding hydrogens is 731 g/mol. The van der Waals surface area contributed by atoms with Crippen LogP contribution in [-0.4, -0.2) is 24.9 Å². The Kier molecular flexibility index (Phi) is 9.88. The van der Waals surface area contributed by atoms with Gasteiger partial charge in [0.2, 0.25) is 0 Å². The van der Waals surface area contributed by atoms with Crippen molar-refractivity contribution < 1.29 is 0 Å². The first-order valence-electron chi connectivity index (χ1n) is 19.9. The molecule has 0 amide bonds. The number of hydrogen-bond acceptors (Lipinski definition) is 5. The third-order valence-electron chi connectivity index (χ3n) is 10.8. The quantitative estimate of drug-likeness (QED) is 0.146. The van der Waals surface area contributed by atoms with Gasteiger partial charge in [0.1, 0.15) is 0 Å². The van der Waals surface area contributed by atoms with Crippen LogP contribution < -0.4 is 0 Å². The van der Waals surface area contributed by atoms with Gasteiger partial charge in [-0.3, -0.25) is 15.0 Å². The molecule has 10 aromatic rings. The summed E-state index contributed by atoms with van der Waals surface area (Å²) in [4.78, 5) is 23.7. The molecule has 10 rings (SSSR count). The summed E-state index contributed by atoms with van der Waals surface area (Å²) in [5, 5.41) is 0. The number of nitrogens with zero attached hydrogens (tertiary/aromatic N) is 5. The van der Waals surface area contributed by atoms with E-state index < -0.39 is 0 Å². The molecule has 4 aromatic heterocycles. The Hall–Kier alpha value is -8.15. The minimum absolute atomic E-state index is 0.650. The van der Waals surface area contributed by atoms with E-state index in [9.17, 15) is 0 Å². The molecule has 0 aliphatic carbocycles. The van der Waals surface area contributed by atoms with Crippen LogP contribution in [0.2, 0.25) is 0 Å². The molecule has 5 nitrogen and oxygen atoms in total. The van der Waals surface area contributed by atoms with Crippen LogP contribution in [0.1, 0.15) is 0 Å². The summed E-state index contributed by atoms with van der Waals surface area (Å²) < 4.78 is 0. The van der Waals surface area contributed by atoms with E-state index in [-0.39, 0.29) is 0 Å². The van der Waals surface area contributed by atoms with Gasteiger partial charge in [-0.1, -0.05) is 133 Å². The Bertz CT molecular complexity index is 2840. The maximum absolute atomic E-state index is 5.33. The van der Waals surface area contributed by atoms with Crippen molar-refractivity contribution in [2.24, 2.45) is 0 Å². The second kappa shape index (κ2) is 16.4. The van der Waals surface area contributed by atoms with E-state index in [1.54, 1.807) is 18.6 Å². The van der Waals surface area contributed by atoms with E-state index >= 15 is 0 Å². The summed E-state index contributed by atoms with van der Waals surface area (Å²) in [7, 11) is 0. The van der Waals surface area contributed by atoms with Crippen molar-refractivity contribution in [1.29, 1.82) is 0 Å². The Morgan fingerprint density at radius 1 is 0.217 bits per heavy atom. The molecule has 0 N–H and O–H groups in total. The second-order valence-corrected chi connectivity index (χ2v) is 14.7. The highest BCUT2D eigenvalue weighted by atomic mass is 14.9. The largest absolute Gasteiger partial charge is 0.264 e. The van der Waals surface area contributed by atoms with Gasteiger partial charge in [-0.15, -0.1) is 0 Å². The monoisotopic (exact) mass is 767 g/mol. The van der Waals surface area contributed by atoms with Crippen LogP contribution in [0.15, 0.2) is 225 Å². The molecule has 0 saturated carbocycles. The lowest BCUT2D eigenvalue weighted by molar-refractivity contribution is 1.18. The predicted octanol–water partition coefficient (Wildman–Crippen LogP) is 13.7. The van der Waals surface area contributed by atoms with E-state index in [4.69, 9.17) is 9.97 Å². The van der Waals surface area contributed by atoms with Gasteiger partial charge in [0.15, 0.2) is 5.82 Å². The predicted molar refractivity (Wildman–Crippen MR) is 244 cm³/mol. The zero-order valence-corrected chi connectivity index (χ0v) is 32.6. The molecular formula is C55H37N5. The molecule has 0 spiro atoms. The second-order valence-electron chi connectivity index (χ2n) is 14.7. The number of hydrogen-bond donors (Lipinski definition) is 0. The Morgan fingerprint density at radius 2 is 0.567 bits per heavy atom. The highest BCUT2D eigenvalue weighted by Crippen LogP contribution is 2.37. The first-order valence-corrected chi connectivity index (χ1v) is 19.9. The normalized spacial score (nSPS) is 11.0. The first kappa shape index (κ1) is 36.2. The van der Waals surface area contributed by atoms with Gasteiger partial charge < -0.3 is 0 Å². The van der Waals surface area contributed by atoms with E-state index in [0.717, 1.165) is 89.3 Å². The maximum atomic E-state index is 5.33. The molecule has 0 aliphatic rings. The topological polar surface area (TPSA) is 64.5 Å². The van der Waals surface area contributed by atoms with Crippen LogP contribution in [0.3, 0.4) is 0 Å². The van der Waals surface area contributed by atoms with Crippen molar-refractivity contribution in [1.82, 2.24) is 24.9 Å². The molecule has 4 heterocycles. The van der Waals surface area contributed by atoms with Gasteiger partial charge in [-0.25, -0.2) is 9.97 Å². The maximum Gasteiger partial charge on any atom is 0.160 e. The van der Waals surface area contributed by atoms with Crippen LogP contribution in [0.25, 0.3) is 101 Å². The number of aromatic nitrogens is 5. The van der Waals surface area contributed by atoms with Crippen LogP contribution >= 0.6 is 0 Å². The summed E-state index contributed by atoms with van der Waals surface area (Å²) in [5.74, 6) is 0.650. The Labute approximate surface area is 349 Å². The van der Waals surface area contributed by atoms with Crippen molar-refractivity contribution >= 4 is 0 Å². The smallest absolute Gasteiger partial charge is 0.160 e. The molecule has 0 unspecified atom stereocenters. The van der Waals surface area contributed by atoms with E-state index in [2.05, 4.69) is 179 Å². The summed E-state index contributed by atoms with van der Waals surface area (Å²) in [6.45, 7) is 0. The standard InChI is InChI=1S/C55H37N5/c1-2-9-38(10-3-1)39-18-22-41(23-19-39)53-34-54(60-55(59-53)42-24-20-40(21-25-42)47-15-6-26-56-35-47)52-32-50(45-13-4-11-43(29-45)48-16-7-27-57-36-48)31-51(33-52)46-14-5-12-44(30-46)49-17-8-28-58-37-49/h1-37H. The summed E-state index contributed by atoms with van der Waals surface area (Å²) in [6, 6.07) is 65.9. The number of pyridine rings is 3. The lowest BCUT2D eigenvalue weighted by Crippen LogP contribution is -1.97. The minimum Gasteiger partial charge on any atom is -0.264 e. The third kappa shape index (κ3) is 7.76. The van der Waals surface area contributed by atoms with Crippen LogP contribution in [0.4, 0.5) is 0 Å². The fourth-order valence-electron chi connectivity index (χ4n) is 7.61. The Balaban J connectivity index is 1.14. The SMILES string of the molecule is c1ccc(-c2ccc(-c3cc(-c4cc(-c5cccc(-c6cccnc6)c5)cc(-c5cccc(-c6cccnc6)c5)c4)nc(-c4ccc(-c5cccnc5)cc4)n3)cc2)cc1. The molecule has 0 aliphatic heterocycles. The lowest BCUT2D eigenvalue weighted by atomic mass is 9.92. The number of rotatable bonds is 9. The average molecular weight is 768 g/mol. The van der Waals surface area contributed by atoms with Gasteiger partial charge in [0.25, 0.3) is 0 Å². The molecule has 0 saturated heterocycles. The van der Waals surface area contributed by atoms with Crippen LogP contribution in [0, 0.1) is 0 Å². The van der Waals surface area contributed by atoms with E-state index in [1.165, 1.54) is 5.56 Å². The van der Waals surface area contributed by atoms with Gasteiger partial charge in [-0.2, -0.15) is 0 Å². The van der Waals surface area contributed by atoms with Crippen molar-refractivity contribution in [2.45, 2.75) is 0 Å². The average Bonchev–Trinajstić information content (AvgIpc) is 3.35. The summed E-state index contributed by atoms with van der Waals surface area (Å²) >= 11 is 0. The Morgan fingerprint density at radius 3 is 1.07 bits per heavy atom. The molecule has 6 aromatic carbocycles. The fraction of sp³-hybridized carbons (Fsp3) is 0. The van der Waals surface area contributed by atoms with Crippen LogP contribution in [-0.2, 0) is 0 Å². The van der Waals surface area contributed by atoms with Gasteiger partial charge in [-0.05, 0) is 110 Å². The van der Waals surface area contributed by atoms with Crippen molar-refractivity contribution in [3.63, 3.8) is 0 Å². The van der Waals surface area contributed by atoms with E-state index in [0.29, 0.717) is 5.82 Å². The fourth-order valence-corrected chi connectivity index (χ4v) is 7.61. The highest BCUT2D eigenvalue weighted by Gasteiger charge is 2.15. The van der Waals surface area contributed by atoms with Gasteiger partial charge in [0, 0.05) is 65.0 Å². The minimum atomic E-state index is 0.650. The third-order valence-corrected chi connectivity index (χ3v) is 10.8. The van der Waals surface area contributed by atoms with Crippen molar-refractivity contribution in [3.05, 3.63) is 225 Å². The van der Waals surface area contributed by atoms with Crippen molar-refractivity contribution in [2.75, 3.05) is 0 Å². The zero-order valence-electron chi connectivity index (χ0n) is 32.6. The lowest BCUT2D eigenvalue weighted by Gasteiger charge is -2.14. The first-order chi connectivity index (χ1) is 29.7. The molecule has 0 bridgehead atoms. The van der Waals surface area contributed by atoms with Gasteiger partial charge in [0.05, 0.1) is 11.4 Å². The van der Waals surface area contributed by atoms with Gasteiger partial charge >= 0.3 is 0 Å². The molecule has 0 atom stereocenters. The van der Waals surface area contributed by atoms with Crippen LogP contribution in [0.5, 0.6) is 0 Å². The highest BCUT2D eigenvalue weighted by molar-refractivity contribution is 5.85. The van der Waals surface area contributed by atoms with Crippen molar-refractivity contribution in [3.8, 4) is 101 Å². The molecule has 0 fully saturated rings. The molecule has 5 heteroatoms. The molecule has 60 heavy (non-hydrogen) atoms. The number of benzene rings is 6. The summed E-state index contributed by atoms with van der Waals surface area (Å²) in [5.41, 5.74) is 17.7. The molecule has 282 valence electrons.